The Morgan fingerprint density at radius 3 is 1.77 bits per heavy atom. The lowest BCUT2D eigenvalue weighted by atomic mass is 10.1. The number of rotatable bonds is 35. The molecule has 300 valence electrons. The minimum absolute atomic E-state index is 0.0443. The van der Waals surface area contributed by atoms with Crippen LogP contribution in [0.25, 0.3) is 0 Å². The first-order valence-corrected chi connectivity index (χ1v) is 21.8. The summed E-state index contributed by atoms with van der Waals surface area (Å²) in [4.78, 5) is 23.0. The molecule has 0 aromatic carbocycles. The molecule has 52 heavy (non-hydrogen) atoms. The summed E-state index contributed by atoms with van der Waals surface area (Å²) in [6.45, 7) is 4.61. The molecule has 3 unspecified atom stereocenters. The van der Waals surface area contributed by atoms with Gasteiger partial charge in [0.25, 0.3) is 0 Å². The van der Waals surface area contributed by atoms with E-state index < -0.39 is 20.0 Å². The van der Waals surface area contributed by atoms with Crippen molar-refractivity contribution in [1.82, 2.24) is 5.32 Å². The van der Waals surface area contributed by atoms with E-state index in [2.05, 4.69) is 79.9 Å². The van der Waals surface area contributed by atoms with E-state index in [-0.39, 0.29) is 19.1 Å². The van der Waals surface area contributed by atoms with Gasteiger partial charge >= 0.3 is 7.82 Å². The first-order valence-electron chi connectivity index (χ1n) is 20.3. The molecule has 0 aromatic rings. The molecule has 3 N–H and O–H groups in total. The molecule has 9 heteroatoms. The quantitative estimate of drug-likeness (QED) is 0.0258. The first-order chi connectivity index (χ1) is 25.0. The van der Waals surface area contributed by atoms with Crippen LogP contribution in [0.2, 0.25) is 0 Å². The van der Waals surface area contributed by atoms with E-state index in [0.717, 1.165) is 57.8 Å². The van der Waals surface area contributed by atoms with Gasteiger partial charge in [0.1, 0.15) is 13.2 Å². The third-order valence-corrected chi connectivity index (χ3v) is 9.39. The zero-order chi connectivity index (χ0) is 38.6. The molecule has 0 rings (SSSR count). The highest BCUT2D eigenvalue weighted by Gasteiger charge is 2.27. The summed E-state index contributed by atoms with van der Waals surface area (Å²) < 4.78 is 23.4. The second kappa shape index (κ2) is 34.7. The predicted molar refractivity (Wildman–Crippen MR) is 221 cm³/mol. The molecule has 1 amide bonds. The van der Waals surface area contributed by atoms with Crippen LogP contribution in [-0.2, 0) is 18.4 Å². The van der Waals surface area contributed by atoms with E-state index in [0.29, 0.717) is 23.9 Å². The molecule has 0 radical (unpaired) electrons. The molecule has 0 aliphatic carbocycles. The van der Waals surface area contributed by atoms with Crippen molar-refractivity contribution in [2.24, 2.45) is 0 Å². The molecule has 0 aromatic heterocycles. The van der Waals surface area contributed by atoms with Gasteiger partial charge in [-0.3, -0.25) is 13.8 Å². The number of likely N-dealkylation sites (N-methyl/N-ethyl adjacent to an activating group) is 1. The first kappa shape index (κ1) is 49.9. The van der Waals surface area contributed by atoms with Gasteiger partial charge in [-0.25, -0.2) is 4.57 Å². The maximum atomic E-state index is 12.8. The van der Waals surface area contributed by atoms with Crippen LogP contribution in [0.15, 0.2) is 72.9 Å². The minimum Gasteiger partial charge on any atom is -0.387 e. The Balaban J connectivity index is 4.65. The average molecular weight is 750 g/mol. The lowest BCUT2D eigenvalue weighted by Crippen LogP contribution is -2.45. The number of phosphoric acid groups is 1. The van der Waals surface area contributed by atoms with Crippen molar-refractivity contribution in [1.29, 1.82) is 0 Å². The Morgan fingerprint density at radius 1 is 0.673 bits per heavy atom. The van der Waals surface area contributed by atoms with Crippen LogP contribution in [0.5, 0.6) is 0 Å². The largest absolute Gasteiger partial charge is 0.472 e. The highest BCUT2D eigenvalue weighted by atomic mass is 31.2. The Labute approximate surface area is 319 Å². The van der Waals surface area contributed by atoms with Crippen LogP contribution in [-0.4, -0.2) is 73.4 Å². The van der Waals surface area contributed by atoms with Crippen LogP contribution in [0.4, 0.5) is 0 Å². The monoisotopic (exact) mass is 750 g/mol. The van der Waals surface area contributed by atoms with Crippen molar-refractivity contribution in [2.75, 3.05) is 40.9 Å². The number of aliphatic hydroxyl groups excluding tert-OH is 1. The zero-order valence-electron chi connectivity index (χ0n) is 33.8. The summed E-state index contributed by atoms with van der Waals surface area (Å²) in [7, 11) is 1.51. The minimum atomic E-state index is -4.36. The number of nitrogens with one attached hydrogen (secondary N) is 1. The van der Waals surface area contributed by atoms with Gasteiger partial charge in [-0.1, -0.05) is 138 Å². The fourth-order valence-corrected chi connectivity index (χ4v) is 5.90. The molecule has 0 saturated carbocycles. The van der Waals surface area contributed by atoms with Crippen molar-refractivity contribution in [2.45, 2.75) is 154 Å². The number of phosphoric ester groups is 1. The van der Waals surface area contributed by atoms with Crippen molar-refractivity contribution < 1.29 is 32.9 Å². The van der Waals surface area contributed by atoms with Gasteiger partial charge in [0.15, 0.2) is 0 Å². The summed E-state index contributed by atoms with van der Waals surface area (Å²) in [6.07, 6.45) is 45.5. The zero-order valence-corrected chi connectivity index (χ0v) is 34.7. The van der Waals surface area contributed by atoms with Crippen LogP contribution in [0.3, 0.4) is 0 Å². The molecule has 0 saturated heterocycles. The van der Waals surface area contributed by atoms with Crippen molar-refractivity contribution in [3.05, 3.63) is 72.9 Å². The molecule has 3 atom stereocenters. The molecular weight excluding hydrogens is 671 g/mol. The van der Waals surface area contributed by atoms with Crippen LogP contribution in [0.1, 0.15) is 142 Å². The fourth-order valence-electron chi connectivity index (χ4n) is 5.16. The highest BCUT2D eigenvalue weighted by molar-refractivity contribution is 7.47. The number of unbranched alkanes of at least 4 members (excludes halogenated alkanes) is 12. The van der Waals surface area contributed by atoms with Gasteiger partial charge in [0, 0.05) is 6.42 Å². The second-order valence-electron chi connectivity index (χ2n) is 14.6. The van der Waals surface area contributed by atoms with Crippen molar-refractivity contribution in [3.63, 3.8) is 0 Å². The number of nitrogens with zero attached hydrogens (tertiary/aromatic N) is 1. The van der Waals surface area contributed by atoms with E-state index in [1.807, 2.05) is 27.2 Å². The lowest BCUT2D eigenvalue weighted by molar-refractivity contribution is -0.870. The molecule has 0 bridgehead atoms. The molecule has 0 spiro atoms. The molecule has 0 aliphatic heterocycles. The third-order valence-electron chi connectivity index (χ3n) is 8.41. The van der Waals surface area contributed by atoms with Gasteiger partial charge in [-0.15, -0.1) is 0 Å². The number of aliphatic hydroxyl groups is 1. The molecule has 0 fully saturated rings. The van der Waals surface area contributed by atoms with Crippen molar-refractivity contribution in [3.8, 4) is 0 Å². The van der Waals surface area contributed by atoms with Gasteiger partial charge in [-0.05, 0) is 70.6 Å². The number of allylic oxidation sites excluding steroid dienone is 11. The maximum Gasteiger partial charge on any atom is 0.472 e. The smallest absolute Gasteiger partial charge is 0.387 e. The number of hydrogen-bond donors (Lipinski definition) is 3. The SMILES string of the molecule is CC/C=C\C/C=C\C/C=C\C/C=C\CCCCC(=O)NC(COP(=O)(O)OCC[N+](C)(C)C)C(O)/C=C/CC/C=C/CCCCCCCCCCC. The number of hydrogen-bond acceptors (Lipinski definition) is 5. The maximum absolute atomic E-state index is 12.8. The number of amides is 1. The van der Waals surface area contributed by atoms with E-state index >= 15 is 0 Å². The van der Waals surface area contributed by atoms with Crippen molar-refractivity contribution >= 4 is 13.7 Å². The van der Waals surface area contributed by atoms with E-state index in [4.69, 9.17) is 9.05 Å². The van der Waals surface area contributed by atoms with Crippen LogP contribution in [0, 0.1) is 0 Å². The topological polar surface area (TPSA) is 105 Å². The number of carbonyl (C=O) groups excluding carboxylic acids is 1. The average Bonchev–Trinajstić information content (AvgIpc) is 3.09. The molecule has 8 nitrogen and oxygen atoms in total. The van der Waals surface area contributed by atoms with Gasteiger partial charge in [0.2, 0.25) is 5.91 Å². The molecule has 0 aliphatic rings. The summed E-state index contributed by atoms with van der Waals surface area (Å²) in [5, 5.41) is 13.7. The Bertz CT molecular complexity index is 1080. The van der Waals surface area contributed by atoms with Crippen LogP contribution < -0.4 is 5.32 Å². The second-order valence-corrected chi connectivity index (χ2v) is 16.1. The molecular formula is C43H78N2O6P+. The van der Waals surface area contributed by atoms with Gasteiger partial charge < -0.3 is 19.8 Å². The normalized spacial score (nSPS) is 15.3. The predicted octanol–water partition coefficient (Wildman–Crippen LogP) is 10.9. The van der Waals surface area contributed by atoms with E-state index in [1.54, 1.807) is 6.08 Å². The number of carbonyl (C=O) groups is 1. The third kappa shape index (κ3) is 36.3. The van der Waals surface area contributed by atoms with E-state index in [9.17, 15) is 19.4 Å². The summed E-state index contributed by atoms with van der Waals surface area (Å²) in [5.74, 6) is -0.232. The Kier molecular flexibility index (Phi) is 33.3. The Morgan fingerprint density at radius 2 is 1.17 bits per heavy atom. The Hall–Kier alpha value is -2.06. The molecule has 0 heterocycles. The fraction of sp³-hybridized carbons (Fsp3) is 0.698. The highest BCUT2D eigenvalue weighted by Crippen LogP contribution is 2.43. The lowest BCUT2D eigenvalue weighted by Gasteiger charge is -2.25. The standard InChI is InChI=1S/C43H77N2O6P/c1-6-8-10-12-14-16-18-20-22-24-26-28-30-32-34-36-42(46)41(40-51-52(48,49)50-39-38-45(3,4)5)44-43(47)37-35-33-31-29-27-25-23-21-19-17-15-13-11-9-7-2/h9,11,15,17,21,23,26-29,34,36,41-42,46H,6-8,10,12-14,16,18-20,22,24-25,30-33,35,37-40H2,1-5H3,(H-,44,47,48,49)/p+1/b11-9-,17-15-,23-21-,28-26+,29-27-,36-34+. The summed E-state index contributed by atoms with van der Waals surface area (Å²) in [5.41, 5.74) is 0. The van der Waals surface area contributed by atoms with E-state index in [1.165, 1.54) is 57.8 Å². The number of quaternary nitrogens is 1. The summed E-state index contributed by atoms with van der Waals surface area (Å²) in [6, 6.07) is -0.886. The van der Waals surface area contributed by atoms with Gasteiger partial charge in [0.05, 0.1) is 39.9 Å². The van der Waals surface area contributed by atoms with Gasteiger partial charge in [-0.2, -0.15) is 0 Å². The summed E-state index contributed by atoms with van der Waals surface area (Å²) >= 11 is 0. The van der Waals surface area contributed by atoms with Crippen LogP contribution >= 0.6 is 7.82 Å².